The highest BCUT2D eigenvalue weighted by atomic mass is 35.5. The molecule has 82 valence electrons. The summed E-state index contributed by atoms with van der Waals surface area (Å²) < 4.78 is 0. The van der Waals surface area contributed by atoms with E-state index in [1.165, 1.54) is 0 Å². The van der Waals surface area contributed by atoms with E-state index in [0.717, 1.165) is 5.56 Å². The summed E-state index contributed by atoms with van der Waals surface area (Å²) in [6, 6.07) is 5.25. The summed E-state index contributed by atoms with van der Waals surface area (Å²) in [6.45, 7) is 2.65. The minimum Gasteiger partial charge on any atom is -0.346 e. The number of likely N-dealkylation sites (N-methyl/N-ethyl adjacent to an activating group) is 1. The molecule has 1 amide bonds. The Kier molecular flexibility index (Phi) is 4.43. The Hall–Kier alpha value is -0.730. The van der Waals surface area contributed by atoms with Gasteiger partial charge in [0.05, 0.1) is 16.5 Å². The van der Waals surface area contributed by atoms with Crippen molar-refractivity contribution in [3.05, 3.63) is 33.8 Å². The number of carbonyl (C=O) groups is 1. The molecule has 4 heteroatoms. The Bertz CT molecular complexity index is 366. The largest absolute Gasteiger partial charge is 0.346 e. The molecule has 0 heterocycles. The molecule has 1 aromatic rings. The van der Waals surface area contributed by atoms with Crippen molar-refractivity contribution in [3.63, 3.8) is 0 Å². The van der Waals surface area contributed by atoms with Gasteiger partial charge < -0.3 is 4.90 Å². The average molecular weight is 246 g/mol. The fourth-order valence-corrected chi connectivity index (χ4v) is 1.46. The third-order valence-corrected chi connectivity index (χ3v) is 2.98. The number of hydrogen-bond acceptors (Lipinski definition) is 1. The summed E-state index contributed by atoms with van der Waals surface area (Å²) in [6.07, 6.45) is 0.362. The van der Waals surface area contributed by atoms with Crippen LogP contribution in [0.25, 0.3) is 0 Å². The highest BCUT2D eigenvalue weighted by Crippen LogP contribution is 2.22. The highest BCUT2D eigenvalue weighted by molar-refractivity contribution is 6.42. The van der Waals surface area contributed by atoms with E-state index in [1.807, 2.05) is 13.0 Å². The summed E-state index contributed by atoms with van der Waals surface area (Å²) >= 11 is 11.6. The smallest absolute Gasteiger partial charge is 0.226 e. The van der Waals surface area contributed by atoms with E-state index in [9.17, 15) is 4.79 Å². The van der Waals surface area contributed by atoms with Gasteiger partial charge in [-0.15, -0.1) is 0 Å². The summed E-state index contributed by atoms with van der Waals surface area (Å²) in [5.41, 5.74) is 0.884. The Morgan fingerprint density at radius 2 is 2.00 bits per heavy atom. The first-order valence-corrected chi connectivity index (χ1v) is 5.48. The molecule has 1 rings (SSSR count). The molecule has 0 aliphatic rings. The van der Waals surface area contributed by atoms with E-state index in [-0.39, 0.29) is 5.91 Å². The predicted molar refractivity (Wildman–Crippen MR) is 63.5 cm³/mol. The van der Waals surface area contributed by atoms with Crippen LogP contribution in [0.1, 0.15) is 12.5 Å². The van der Waals surface area contributed by atoms with E-state index in [2.05, 4.69) is 0 Å². The summed E-state index contributed by atoms with van der Waals surface area (Å²) in [5, 5.41) is 0.998. The van der Waals surface area contributed by atoms with E-state index >= 15 is 0 Å². The molecule has 0 N–H and O–H groups in total. The van der Waals surface area contributed by atoms with Crippen molar-refractivity contribution in [1.82, 2.24) is 4.90 Å². The van der Waals surface area contributed by atoms with Crippen LogP contribution < -0.4 is 0 Å². The van der Waals surface area contributed by atoms with Gasteiger partial charge in [0.2, 0.25) is 5.91 Å². The minimum absolute atomic E-state index is 0.0795. The van der Waals surface area contributed by atoms with Crippen LogP contribution in [0.3, 0.4) is 0 Å². The van der Waals surface area contributed by atoms with Gasteiger partial charge in [-0.2, -0.15) is 0 Å². The minimum atomic E-state index is 0.0795. The molecular formula is C11H13Cl2NO. The number of hydrogen-bond donors (Lipinski definition) is 0. The molecule has 0 fully saturated rings. The Labute approximate surface area is 99.8 Å². The lowest BCUT2D eigenvalue weighted by Gasteiger charge is -2.14. The second kappa shape index (κ2) is 5.38. The maximum absolute atomic E-state index is 11.6. The number of benzene rings is 1. The summed E-state index contributed by atoms with van der Waals surface area (Å²) in [5.74, 6) is 0.0795. The van der Waals surface area contributed by atoms with Gasteiger partial charge in [-0.25, -0.2) is 0 Å². The van der Waals surface area contributed by atoms with Crippen molar-refractivity contribution in [1.29, 1.82) is 0 Å². The molecule has 0 bridgehead atoms. The second-order valence-electron chi connectivity index (χ2n) is 3.33. The van der Waals surface area contributed by atoms with Crippen molar-refractivity contribution in [2.24, 2.45) is 0 Å². The molecule has 0 unspecified atom stereocenters. The Balaban J connectivity index is 2.73. The molecule has 0 atom stereocenters. The molecule has 0 spiro atoms. The van der Waals surface area contributed by atoms with Gasteiger partial charge in [-0.1, -0.05) is 29.3 Å². The third-order valence-electron chi connectivity index (χ3n) is 2.24. The SMILES string of the molecule is CCN(C)C(=O)Cc1ccc(Cl)c(Cl)c1. The van der Waals surface area contributed by atoms with E-state index in [4.69, 9.17) is 23.2 Å². The first kappa shape index (κ1) is 12.3. The molecule has 0 radical (unpaired) electrons. The van der Waals surface area contributed by atoms with Gasteiger partial charge in [0, 0.05) is 13.6 Å². The number of nitrogens with zero attached hydrogens (tertiary/aromatic N) is 1. The van der Waals surface area contributed by atoms with Crippen LogP contribution in [0.15, 0.2) is 18.2 Å². The fraction of sp³-hybridized carbons (Fsp3) is 0.364. The molecule has 0 aliphatic heterocycles. The predicted octanol–water partition coefficient (Wildman–Crippen LogP) is 3.01. The van der Waals surface area contributed by atoms with Crippen molar-refractivity contribution < 1.29 is 4.79 Å². The van der Waals surface area contributed by atoms with Crippen LogP contribution in [0.2, 0.25) is 10.0 Å². The number of rotatable bonds is 3. The van der Waals surface area contributed by atoms with Gasteiger partial charge in [-0.3, -0.25) is 4.79 Å². The van der Waals surface area contributed by atoms with E-state index < -0.39 is 0 Å². The summed E-state index contributed by atoms with van der Waals surface area (Å²) in [7, 11) is 1.78. The van der Waals surface area contributed by atoms with Gasteiger partial charge in [0.1, 0.15) is 0 Å². The maximum atomic E-state index is 11.6. The van der Waals surface area contributed by atoms with Crippen LogP contribution in [0.4, 0.5) is 0 Å². The fourth-order valence-electron chi connectivity index (χ4n) is 1.14. The average Bonchev–Trinajstić information content (AvgIpc) is 2.22. The molecule has 0 aromatic heterocycles. The van der Waals surface area contributed by atoms with Crippen LogP contribution in [-0.4, -0.2) is 24.4 Å². The van der Waals surface area contributed by atoms with Crippen LogP contribution in [0, 0.1) is 0 Å². The van der Waals surface area contributed by atoms with Crippen LogP contribution >= 0.6 is 23.2 Å². The van der Waals surface area contributed by atoms with Gasteiger partial charge in [-0.05, 0) is 24.6 Å². The molecule has 1 aromatic carbocycles. The van der Waals surface area contributed by atoms with E-state index in [0.29, 0.717) is 23.0 Å². The van der Waals surface area contributed by atoms with Crippen LogP contribution in [-0.2, 0) is 11.2 Å². The molecule has 2 nitrogen and oxygen atoms in total. The number of amides is 1. The summed E-state index contributed by atoms with van der Waals surface area (Å²) in [4.78, 5) is 13.3. The standard InChI is InChI=1S/C11H13Cl2NO/c1-3-14(2)11(15)7-8-4-5-9(12)10(13)6-8/h4-6H,3,7H2,1-2H3. The van der Waals surface area contributed by atoms with Gasteiger partial charge >= 0.3 is 0 Å². The molecule has 15 heavy (non-hydrogen) atoms. The van der Waals surface area contributed by atoms with Crippen molar-refractivity contribution in [2.45, 2.75) is 13.3 Å². The topological polar surface area (TPSA) is 20.3 Å². The van der Waals surface area contributed by atoms with Gasteiger partial charge in [0.25, 0.3) is 0 Å². The van der Waals surface area contributed by atoms with Crippen molar-refractivity contribution >= 4 is 29.1 Å². The van der Waals surface area contributed by atoms with E-state index in [1.54, 1.807) is 24.1 Å². The third kappa shape index (κ3) is 3.40. The Morgan fingerprint density at radius 3 is 2.53 bits per heavy atom. The van der Waals surface area contributed by atoms with Gasteiger partial charge in [0.15, 0.2) is 0 Å². The first-order valence-electron chi connectivity index (χ1n) is 4.72. The Morgan fingerprint density at radius 1 is 1.33 bits per heavy atom. The normalized spacial score (nSPS) is 10.1. The van der Waals surface area contributed by atoms with Crippen molar-refractivity contribution in [3.8, 4) is 0 Å². The van der Waals surface area contributed by atoms with Crippen LogP contribution in [0.5, 0.6) is 0 Å². The number of halogens is 2. The second-order valence-corrected chi connectivity index (χ2v) is 4.15. The molecule has 0 saturated heterocycles. The zero-order valence-electron chi connectivity index (χ0n) is 8.76. The lowest BCUT2D eigenvalue weighted by Crippen LogP contribution is -2.27. The number of carbonyl (C=O) groups excluding carboxylic acids is 1. The monoisotopic (exact) mass is 245 g/mol. The van der Waals surface area contributed by atoms with Crippen molar-refractivity contribution in [2.75, 3.05) is 13.6 Å². The molecular weight excluding hydrogens is 233 g/mol. The lowest BCUT2D eigenvalue weighted by atomic mass is 10.1. The molecule has 0 aliphatic carbocycles. The lowest BCUT2D eigenvalue weighted by molar-refractivity contribution is -0.128. The quantitative estimate of drug-likeness (QED) is 0.802. The highest BCUT2D eigenvalue weighted by Gasteiger charge is 2.08. The molecule has 0 saturated carbocycles. The zero-order valence-corrected chi connectivity index (χ0v) is 10.3. The zero-order chi connectivity index (χ0) is 11.4. The maximum Gasteiger partial charge on any atom is 0.226 e. The first-order chi connectivity index (χ1) is 7.04.